The molecule has 1 heterocycles. The smallest absolute Gasteiger partial charge is 0.316 e. The third kappa shape index (κ3) is 3.65. The number of aliphatic imine (C=N–C) groups is 1. The molecule has 14 heavy (non-hydrogen) atoms. The Kier molecular flexibility index (Phi) is 4.24. The van der Waals surface area contributed by atoms with Crippen molar-refractivity contribution in [3.05, 3.63) is 0 Å². The maximum absolute atomic E-state index is 10.9. The average Bonchev–Trinajstić information content (AvgIpc) is 2.15. The molecule has 0 saturated heterocycles. The first-order chi connectivity index (χ1) is 6.72. The molecule has 0 spiro atoms. The zero-order valence-electron chi connectivity index (χ0n) is 7.60. The molecule has 1 amide bonds. The third-order valence-corrected chi connectivity index (χ3v) is 2.02. The molecule has 0 N–H and O–H groups in total. The van der Waals surface area contributed by atoms with Gasteiger partial charge in [0.05, 0.1) is 12.4 Å². The van der Waals surface area contributed by atoms with E-state index in [-0.39, 0.29) is 29.3 Å². The van der Waals surface area contributed by atoms with E-state index in [1.54, 1.807) is 6.92 Å². The maximum atomic E-state index is 10.9. The van der Waals surface area contributed by atoms with Gasteiger partial charge in [-0.15, -0.1) is 5.11 Å². The number of carbonyl (C=O) groups excluding carboxylic acids is 2. The molecule has 0 saturated carbocycles. The molecule has 0 atom stereocenters. The van der Waals surface area contributed by atoms with E-state index in [9.17, 15) is 9.59 Å². The lowest BCUT2D eigenvalue weighted by Gasteiger charge is -2.02. The second-order valence-corrected chi connectivity index (χ2v) is 3.22. The van der Waals surface area contributed by atoms with Crippen molar-refractivity contribution in [3.63, 3.8) is 0 Å². The van der Waals surface area contributed by atoms with E-state index < -0.39 is 0 Å². The molecule has 1 aliphatic heterocycles. The number of amidine groups is 1. The van der Waals surface area contributed by atoms with E-state index in [2.05, 4.69) is 20.0 Å². The molecule has 76 valence electrons. The zero-order valence-corrected chi connectivity index (χ0v) is 8.41. The summed E-state index contributed by atoms with van der Waals surface area (Å²) in [6.45, 7) is 2.06. The Hall–Kier alpha value is -1.24. The summed E-state index contributed by atoms with van der Waals surface area (Å²) in [5.74, 6) is -0.598. The van der Waals surface area contributed by atoms with Crippen LogP contribution in [-0.4, -0.2) is 35.9 Å². The normalized spacial score (nSPS) is 15.2. The van der Waals surface area contributed by atoms with Crippen LogP contribution in [0, 0.1) is 0 Å². The first-order valence-corrected chi connectivity index (χ1v) is 4.98. The predicted octanol–water partition coefficient (Wildman–Crippen LogP) is 0.631. The lowest BCUT2D eigenvalue weighted by molar-refractivity contribution is -0.139. The molecular formula is C7H9N3O3S. The third-order valence-electron chi connectivity index (χ3n) is 1.21. The van der Waals surface area contributed by atoms with Crippen LogP contribution < -0.4 is 0 Å². The largest absolute Gasteiger partial charge is 0.465 e. The van der Waals surface area contributed by atoms with Crippen LogP contribution in [-0.2, 0) is 14.3 Å². The van der Waals surface area contributed by atoms with Gasteiger partial charge in [0, 0.05) is 0 Å². The Morgan fingerprint density at radius 1 is 1.64 bits per heavy atom. The van der Waals surface area contributed by atoms with E-state index >= 15 is 0 Å². The summed E-state index contributed by atoms with van der Waals surface area (Å²) in [7, 11) is 0. The average molecular weight is 215 g/mol. The summed E-state index contributed by atoms with van der Waals surface area (Å²) in [4.78, 5) is 25.3. The molecule has 0 fully saturated rings. The molecule has 0 aromatic heterocycles. The fourth-order valence-electron chi connectivity index (χ4n) is 0.708. The summed E-state index contributed by atoms with van der Waals surface area (Å²) >= 11 is 1.04. The molecule has 1 rings (SSSR count). The topological polar surface area (TPSA) is 80.5 Å². The lowest BCUT2D eigenvalue weighted by atomic mass is 10.6. The van der Waals surface area contributed by atoms with Crippen LogP contribution in [0.15, 0.2) is 15.2 Å². The van der Waals surface area contributed by atoms with Crippen molar-refractivity contribution >= 4 is 28.8 Å². The fraction of sp³-hybridized carbons (Fsp3) is 0.571. The van der Waals surface area contributed by atoms with Gasteiger partial charge in [0.15, 0.2) is 0 Å². The van der Waals surface area contributed by atoms with Gasteiger partial charge in [-0.05, 0) is 6.92 Å². The number of hydrogen-bond acceptors (Lipinski definition) is 6. The Labute approximate surface area is 84.8 Å². The number of esters is 1. The first kappa shape index (κ1) is 10.8. The maximum Gasteiger partial charge on any atom is 0.316 e. The van der Waals surface area contributed by atoms with Crippen molar-refractivity contribution in [1.29, 1.82) is 0 Å². The van der Waals surface area contributed by atoms with Crippen LogP contribution >= 0.6 is 11.8 Å². The van der Waals surface area contributed by atoms with Crippen molar-refractivity contribution in [2.75, 3.05) is 18.9 Å². The van der Waals surface area contributed by atoms with Crippen LogP contribution in [0.2, 0.25) is 0 Å². The van der Waals surface area contributed by atoms with Gasteiger partial charge in [-0.3, -0.25) is 9.59 Å². The fourth-order valence-corrected chi connectivity index (χ4v) is 1.32. The Bertz CT molecular complexity index is 301. The van der Waals surface area contributed by atoms with Gasteiger partial charge in [-0.25, -0.2) is 0 Å². The molecule has 0 radical (unpaired) electrons. The standard InChI is InChI=1S/C7H9N3O3S/c1-2-13-6(12)4-14-7-9-5(11)3-8-10-7/h2-4H2,1H3. The van der Waals surface area contributed by atoms with Gasteiger partial charge < -0.3 is 4.74 Å². The van der Waals surface area contributed by atoms with Gasteiger partial charge in [-0.2, -0.15) is 10.1 Å². The minimum atomic E-state index is -0.353. The lowest BCUT2D eigenvalue weighted by Crippen LogP contribution is -2.11. The summed E-state index contributed by atoms with van der Waals surface area (Å²) in [5.41, 5.74) is 0. The van der Waals surface area contributed by atoms with Crippen molar-refractivity contribution in [1.82, 2.24) is 0 Å². The monoisotopic (exact) mass is 215 g/mol. The quantitative estimate of drug-likeness (QED) is 0.647. The summed E-state index contributed by atoms with van der Waals surface area (Å²) in [6.07, 6.45) is 0. The Balaban J connectivity index is 2.34. The number of ether oxygens (including phenoxy) is 1. The van der Waals surface area contributed by atoms with E-state index in [0.29, 0.717) is 6.61 Å². The highest BCUT2D eigenvalue weighted by molar-refractivity contribution is 8.14. The van der Waals surface area contributed by atoms with Crippen molar-refractivity contribution < 1.29 is 14.3 Å². The SMILES string of the molecule is CCOC(=O)CSC1=NC(=O)CN=N1. The van der Waals surface area contributed by atoms with Crippen LogP contribution in [0.25, 0.3) is 0 Å². The molecule has 0 aliphatic carbocycles. The molecule has 6 nitrogen and oxygen atoms in total. The molecule has 0 bridgehead atoms. The minimum Gasteiger partial charge on any atom is -0.465 e. The van der Waals surface area contributed by atoms with Crippen molar-refractivity contribution in [2.45, 2.75) is 6.92 Å². The first-order valence-electron chi connectivity index (χ1n) is 4.00. The number of amides is 1. The van der Waals surface area contributed by atoms with E-state index in [4.69, 9.17) is 0 Å². The molecule has 0 unspecified atom stereocenters. The molecule has 0 aromatic rings. The van der Waals surface area contributed by atoms with E-state index in [1.165, 1.54) is 0 Å². The molecular weight excluding hydrogens is 206 g/mol. The number of thioether (sulfide) groups is 1. The molecule has 7 heteroatoms. The number of nitrogens with zero attached hydrogens (tertiary/aromatic N) is 3. The zero-order chi connectivity index (χ0) is 10.4. The Morgan fingerprint density at radius 3 is 3.07 bits per heavy atom. The van der Waals surface area contributed by atoms with Gasteiger partial charge in [0.2, 0.25) is 5.17 Å². The van der Waals surface area contributed by atoms with E-state index in [1.807, 2.05) is 0 Å². The second-order valence-electron chi connectivity index (χ2n) is 2.28. The highest BCUT2D eigenvalue weighted by Crippen LogP contribution is 2.09. The predicted molar refractivity (Wildman–Crippen MR) is 51.3 cm³/mol. The van der Waals surface area contributed by atoms with Crippen LogP contribution in [0.4, 0.5) is 0 Å². The van der Waals surface area contributed by atoms with Crippen LogP contribution in [0.3, 0.4) is 0 Å². The van der Waals surface area contributed by atoms with Crippen LogP contribution in [0.5, 0.6) is 0 Å². The molecule has 1 aliphatic rings. The highest BCUT2D eigenvalue weighted by atomic mass is 32.2. The van der Waals surface area contributed by atoms with Gasteiger partial charge >= 0.3 is 5.97 Å². The molecule has 0 aromatic carbocycles. The van der Waals surface area contributed by atoms with Gasteiger partial charge in [0.25, 0.3) is 5.91 Å². The second kappa shape index (κ2) is 5.48. The van der Waals surface area contributed by atoms with E-state index in [0.717, 1.165) is 11.8 Å². The number of rotatable bonds is 3. The number of carbonyl (C=O) groups is 2. The van der Waals surface area contributed by atoms with Gasteiger partial charge in [0.1, 0.15) is 6.54 Å². The van der Waals surface area contributed by atoms with Crippen molar-refractivity contribution in [3.8, 4) is 0 Å². The summed E-state index contributed by atoms with van der Waals surface area (Å²) in [5, 5.41) is 7.37. The minimum absolute atomic E-state index is 0.0104. The van der Waals surface area contributed by atoms with Gasteiger partial charge in [-0.1, -0.05) is 11.8 Å². The Morgan fingerprint density at radius 2 is 2.43 bits per heavy atom. The summed E-state index contributed by atoms with van der Waals surface area (Å²) in [6, 6.07) is 0. The van der Waals surface area contributed by atoms with Crippen molar-refractivity contribution in [2.24, 2.45) is 15.2 Å². The summed E-state index contributed by atoms with van der Waals surface area (Å²) < 4.78 is 4.69. The number of azo groups is 1. The van der Waals surface area contributed by atoms with Crippen LogP contribution in [0.1, 0.15) is 6.92 Å². The number of hydrogen-bond donors (Lipinski definition) is 0. The highest BCUT2D eigenvalue weighted by Gasteiger charge is 2.11.